The first kappa shape index (κ1) is 21.9. The molecule has 1 amide bonds. The maximum absolute atomic E-state index is 14.4. The number of H-pyrrole nitrogens is 1. The molecule has 0 atom stereocenters. The van der Waals surface area contributed by atoms with Crippen molar-refractivity contribution in [2.75, 3.05) is 0 Å². The molecule has 3 heterocycles. The van der Waals surface area contributed by atoms with Crippen molar-refractivity contribution < 1.29 is 9.18 Å². The van der Waals surface area contributed by atoms with E-state index >= 15 is 0 Å². The van der Waals surface area contributed by atoms with Crippen LogP contribution in [0.15, 0.2) is 79.4 Å². The van der Waals surface area contributed by atoms with Crippen LogP contribution in [0.3, 0.4) is 0 Å². The van der Waals surface area contributed by atoms with Gasteiger partial charge in [0.25, 0.3) is 5.91 Å². The molecule has 0 unspecified atom stereocenters. The van der Waals surface area contributed by atoms with Gasteiger partial charge in [0.05, 0.1) is 11.6 Å². The Balaban J connectivity index is 1.23. The third kappa shape index (κ3) is 4.84. The molecule has 2 aromatic carbocycles. The summed E-state index contributed by atoms with van der Waals surface area (Å²) < 4.78 is 16.3. The van der Waals surface area contributed by atoms with E-state index in [4.69, 9.17) is 11.6 Å². The molecule has 8 heteroatoms. The molecule has 170 valence electrons. The van der Waals surface area contributed by atoms with Gasteiger partial charge in [0.2, 0.25) is 0 Å². The fourth-order valence-electron chi connectivity index (χ4n) is 3.84. The molecular formula is C26H21ClFN5O. The van der Waals surface area contributed by atoms with E-state index in [-0.39, 0.29) is 12.5 Å². The largest absolute Gasteiger partial charge is 0.360 e. The van der Waals surface area contributed by atoms with Crippen molar-refractivity contribution in [3.05, 3.63) is 118 Å². The van der Waals surface area contributed by atoms with Gasteiger partial charge in [-0.2, -0.15) is 5.10 Å². The Morgan fingerprint density at radius 3 is 2.71 bits per heavy atom. The van der Waals surface area contributed by atoms with E-state index in [2.05, 4.69) is 44.6 Å². The molecule has 5 aromatic rings. The van der Waals surface area contributed by atoms with E-state index in [0.717, 1.165) is 16.8 Å². The Morgan fingerprint density at radius 1 is 1.09 bits per heavy atom. The van der Waals surface area contributed by atoms with Crippen LogP contribution in [0.5, 0.6) is 0 Å². The number of carbonyl (C=O) groups is 1. The van der Waals surface area contributed by atoms with Crippen molar-refractivity contribution in [2.24, 2.45) is 0 Å². The summed E-state index contributed by atoms with van der Waals surface area (Å²) in [6.07, 6.45) is 7.51. The number of aromatic amines is 1. The number of aromatic nitrogens is 4. The molecule has 0 saturated heterocycles. The lowest BCUT2D eigenvalue weighted by atomic mass is 10.1. The molecule has 0 fully saturated rings. The Hall–Kier alpha value is -3.97. The van der Waals surface area contributed by atoms with E-state index in [0.29, 0.717) is 40.0 Å². The number of hydrogen-bond donors (Lipinski definition) is 2. The third-order valence-corrected chi connectivity index (χ3v) is 5.94. The van der Waals surface area contributed by atoms with Crippen LogP contribution in [0.25, 0.3) is 10.9 Å². The Morgan fingerprint density at radius 2 is 1.91 bits per heavy atom. The molecule has 0 aliphatic carbocycles. The number of carbonyl (C=O) groups excluding carboxylic acids is 1. The first-order chi connectivity index (χ1) is 16.5. The lowest BCUT2D eigenvalue weighted by Crippen LogP contribution is -2.23. The second kappa shape index (κ2) is 9.49. The summed E-state index contributed by atoms with van der Waals surface area (Å²) in [5, 5.41) is 8.23. The normalized spacial score (nSPS) is 11.1. The van der Waals surface area contributed by atoms with Crippen molar-refractivity contribution in [2.45, 2.75) is 19.5 Å². The van der Waals surface area contributed by atoms with Gasteiger partial charge in [-0.1, -0.05) is 35.9 Å². The van der Waals surface area contributed by atoms with Gasteiger partial charge in [-0.25, -0.2) is 4.39 Å². The summed E-state index contributed by atoms with van der Waals surface area (Å²) in [4.78, 5) is 20.0. The number of benzene rings is 2. The summed E-state index contributed by atoms with van der Waals surface area (Å²) in [7, 11) is 0. The maximum atomic E-state index is 14.4. The highest BCUT2D eigenvalue weighted by Gasteiger charge is 2.12. The smallest absolute Gasteiger partial charge is 0.251 e. The van der Waals surface area contributed by atoms with Crippen LogP contribution in [0.1, 0.15) is 32.7 Å². The molecule has 34 heavy (non-hydrogen) atoms. The van der Waals surface area contributed by atoms with Crippen LogP contribution >= 0.6 is 11.6 Å². The fraction of sp³-hybridized carbons (Fsp3) is 0.115. The second-order valence-electron chi connectivity index (χ2n) is 8.04. The number of nitrogens with one attached hydrogen (secondary N) is 2. The number of fused-ring (bicyclic) bond motifs is 1. The minimum absolute atomic E-state index is 0.0531. The van der Waals surface area contributed by atoms with Crippen molar-refractivity contribution in [3.8, 4) is 0 Å². The average molecular weight is 474 g/mol. The SMILES string of the molecule is O=C(NCc1cc2c(Cl)c[nH]c2cc1F)c1ccnc(Cc2ccc(Cn3cccn3)cc2)c1. The zero-order valence-corrected chi connectivity index (χ0v) is 18.9. The summed E-state index contributed by atoms with van der Waals surface area (Å²) in [5.74, 6) is -0.698. The van der Waals surface area contributed by atoms with Gasteiger partial charge < -0.3 is 10.3 Å². The van der Waals surface area contributed by atoms with E-state index in [1.807, 2.05) is 16.9 Å². The number of pyridine rings is 1. The average Bonchev–Trinajstić information content (AvgIpc) is 3.48. The Labute approximate surface area is 200 Å². The van der Waals surface area contributed by atoms with Crippen LogP contribution in [-0.4, -0.2) is 25.7 Å². The lowest BCUT2D eigenvalue weighted by Gasteiger charge is -2.09. The Kier molecular flexibility index (Phi) is 6.10. The molecule has 0 radical (unpaired) electrons. The van der Waals surface area contributed by atoms with Crippen molar-refractivity contribution >= 4 is 28.4 Å². The number of amides is 1. The van der Waals surface area contributed by atoms with E-state index in [9.17, 15) is 9.18 Å². The highest BCUT2D eigenvalue weighted by molar-refractivity contribution is 6.35. The van der Waals surface area contributed by atoms with Crippen molar-refractivity contribution in [1.29, 1.82) is 0 Å². The summed E-state index contributed by atoms with van der Waals surface area (Å²) in [6.45, 7) is 0.766. The zero-order chi connectivity index (χ0) is 23.5. The molecule has 6 nitrogen and oxygen atoms in total. The van der Waals surface area contributed by atoms with Gasteiger partial charge in [0.1, 0.15) is 5.82 Å². The number of halogens is 2. The van der Waals surface area contributed by atoms with Gasteiger partial charge in [-0.05, 0) is 41.5 Å². The minimum atomic E-state index is -0.405. The van der Waals surface area contributed by atoms with E-state index < -0.39 is 5.82 Å². The van der Waals surface area contributed by atoms with Gasteiger partial charge in [0.15, 0.2) is 0 Å². The van der Waals surface area contributed by atoms with Crippen LogP contribution in [0.4, 0.5) is 4.39 Å². The molecule has 0 saturated carbocycles. The zero-order valence-electron chi connectivity index (χ0n) is 18.1. The van der Waals surface area contributed by atoms with Crippen LogP contribution in [0, 0.1) is 5.82 Å². The topological polar surface area (TPSA) is 75.6 Å². The second-order valence-corrected chi connectivity index (χ2v) is 8.45. The highest BCUT2D eigenvalue weighted by Crippen LogP contribution is 2.25. The van der Waals surface area contributed by atoms with Crippen LogP contribution < -0.4 is 5.32 Å². The van der Waals surface area contributed by atoms with Gasteiger partial charge in [0, 0.05) is 65.5 Å². The van der Waals surface area contributed by atoms with Crippen LogP contribution in [-0.2, 0) is 19.5 Å². The fourth-order valence-corrected chi connectivity index (χ4v) is 4.05. The molecule has 5 rings (SSSR count). The summed E-state index contributed by atoms with van der Waals surface area (Å²) in [5.41, 5.74) is 4.48. The first-order valence-corrected chi connectivity index (χ1v) is 11.2. The first-order valence-electron chi connectivity index (χ1n) is 10.8. The predicted octanol–water partition coefficient (Wildman–Crippen LogP) is 5.12. The van der Waals surface area contributed by atoms with Crippen molar-refractivity contribution in [1.82, 2.24) is 25.1 Å². The van der Waals surface area contributed by atoms with Crippen molar-refractivity contribution in [3.63, 3.8) is 0 Å². The summed E-state index contributed by atoms with van der Waals surface area (Å²) in [6, 6.07) is 16.6. The molecular weight excluding hydrogens is 453 g/mol. The summed E-state index contributed by atoms with van der Waals surface area (Å²) >= 11 is 6.13. The van der Waals surface area contributed by atoms with Gasteiger partial charge in [-0.3, -0.25) is 14.5 Å². The lowest BCUT2D eigenvalue weighted by molar-refractivity contribution is 0.0950. The molecule has 0 bridgehead atoms. The van der Waals surface area contributed by atoms with Gasteiger partial charge >= 0.3 is 0 Å². The molecule has 0 spiro atoms. The van der Waals surface area contributed by atoms with Crippen LogP contribution in [0.2, 0.25) is 5.02 Å². The quantitative estimate of drug-likeness (QED) is 0.344. The standard InChI is InChI=1S/C26H21ClFN5O/c27-23-15-30-25-13-24(28)20(12-22(23)25)14-31-26(34)19-6-8-29-21(11-19)10-17-2-4-18(5-3-17)16-33-9-1-7-32-33/h1-9,11-13,15,30H,10,14,16H2,(H,31,34). The monoisotopic (exact) mass is 473 g/mol. The molecule has 0 aliphatic rings. The van der Waals surface area contributed by atoms with E-state index in [1.165, 1.54) is 6.07 Å². The van der Waals surface area contributed by atoms with Gasteiger partial charge in [-0.15, -0.1) is 0 Å². The number of hydrogen-bond acceptors (Lipinski definition) is 3. The molecule has 2 N–H and O–H groups in total. The third-order valence-electron chi connectivity index (χ3n) is 5.63. The number of nitrogens with zero attached hydrogens (tertiary/aromatic N) is 3. The molecule has 0 aliphatic heterocycles. The molecule has 3 aromatic heterocycles. The number of rotatable bonds is 7. The maximum Gasteiger partial charge on any atom is 0.251 e. The predicted molar refractivity (Wildman–Crippen MR) is 129 cm³/mol. The van der Waals surface area contributed by atoms with E-state index in [1.54, 1.807) is 36.8 Å². The highest BCUT2D eigenvalue weighted by atomic mass is 35.5. The minimum Gasteiger partial charge on any atom is -0.360 e. The Bertz CT molecular complexity index is 1440.